The van der Waals surface area contributed by atoms with Crippen molar-refractivity contribution in [1.82, 2.24) is 24.6 Å². The topological polar surface area (TPSA) is 85.3 Å². The third-order valence-corrected chi connectivity index (χ3v) is 3.67. The Balaban J connectivity index is 1.61. The average molecular weight is 283 g/mol. The molecule has 7 nitrogen and oxygen atoms in total. The van der Waals surface area contributed by atoms with Crippen molar-refractivity contribution in [1.29, 1.82) is 0 Å². The molecule has 3 aromatic heterocycles. The number of fused-ring (bicyclic) bond motifs is 1. The Hall–Kier alpha value is -2.70. The van der Waals surface area contributed by atoms with Crippen molar-refractivity contribution in [3.05, 3.63) is 47.5 Å². The first-order chi connectivity index (χ1) is 10.2. The lowest BCUT2D eigenvalue weighted by Crippen LogP contribution is -2.01. The van der Waals surface area contributed by atoms with Crippen molar-refractivity contribution in [3.63, 3.8) is 0 Å². The van der Waals surface area contributed by atoms with Crippen molar-refractivity contribution in [2.45, 2.75) is 25.3 Å². The molecule has 21 heavy (non-hydrogen) atoms. The standard InChI is InChI=1S/C14H13N5O2/c20-14(21)13-8-18(17-15-13)7-11-6-12-5-10(9-1-2-9)3-4-19(12)16-11/h3-6,8-9H,1-2,7H2,(H,20,21). The van der Waals surface area contributed by atoms with Crippen molar-refractivity contribution in [2.24, 2.45) is 0 Å². The molecule has 1 saturated carbocycles. The second-order valence-corrected chi connectivity index (χ2v) is 5.35. The van der Waals surface area contributed by atoms with Crippen molar-refractivity contribution < 1.29 is 9.90 Å². The number of hydrogen-bond donors (Lipinski definition) is 1. The summed E-state index contributed by atoms with van der Waals surface area (Å²) in [6.07, 6.45) is 5.92. The van der Waals surface area contributed by atoms with Gasteiger partial charge in [0.15, 0.2) is 5.69 Å². The van der Waals surface area contributed by atoms with Crippen molar-refractivity contribution >= 4 is 11.5 Å². The minimum atomic E-state index is -1.08. The number of aromatic carboxylic acids is 1. The Kier molecular flexibility index (Phi) is 2.53. The minimum Gasteiger partial charge on any atom is -0.476 e. The van der Waals surface area contributed by atoms with E-state index in [1.807, 2.05) is 16.8 Å². The highest BCUT2D eigenvalue weighted by Gasteiger charge is 2.23. The number of pyridine rings is 1. The Morgan fingerprint density at radius 1 is 1.38 bits per heavy atom. The predicted molar refractivity (Wildman–Crippen MR) is 73.3 cm³/mol. The molecule has 1 aliphatic rings. The number of nitrogens with zero attached hydrogens (tertiary/aromatic N) is 5. The first-order valence-electron chi connectivity index (χ1n) is 6.81. The van der Waals surface area contributed by atoms with Gasteiger partial charge in [-0.25, -0.2) is 14.0 Å². The second-order valence-electron chi connectivity index (χ2n) is 5.35. The Morgan fingerprint density at radius 3 is 2.95 bits per heavy atom. The zero-order valence-corrected chi connectivity index (χ0v) is 11.2. The molecular formula is C14H13N5O2. The van der Waals surface area contributed by atoms with Crippen LogP contribution >= 0.6 is 0 Å². The van der Waals surface area contributed by atoms with E-state index in [1.54, 1.807) is 0 Å². The fourth-order valence-corrected chi connectivity index (χ4v) is 2.45. The molecule has 0 atom stereocenters. The molecule has 0 saturated heterocycles. The van der Waals surface area contributed by atoms with E-state index in [9.17, 15) is 4.79 Å². The van der Waals surface area contributed by atoms with Crippen molar-refractivity contribution in [3.8, 4) is 0 Å². The molecule has 106 valence electrons. The van der Waals surface area contributed by atoms with E-state index < -0.39 is 5.97 Å². The summed E-state index contributed by atoms with van der Waals surface area (Å²) in [5.41, 5.74) is 3.18. The summed E-state index contributed by atoms with van der Waals surface area (Å²) in [7, 11) is 0. The van der Waals surface area contributed by atoms with E-state index in [0.29, 0.717) is 12.5 Å². The molecule has 0 spiro atoms. The number of carbonyl (C=O) groups is 1. The number of aromatic nitrogens is 5. The normalized spacial score (nSPS) is 14.7. The molecule has 0 amide bonds. The number of rotatable bonds is 4. The van der Waals surface area contributed by atoms with E-state index in [4.69, 9.17) is 5.11 Å². The first kappa shape index (κ1) is 12.1. The van der Waals surface area contributed by atoms with E-state index in [2.05, 4.69) is 27.5 Å². The fraction of sp³-hybridized carbons (Fsp3) is 0.286. The van der Waals surface area contributed by atoms with Gasteiger partial charge in [-0.2, -0.15) is 5.10 Å². The van der Waals surface area contributed by atoms with Crippen LogP contribution in [0.5, 0.6) is 0 Å². The summed E-state index contributed by atoms with van der Waals surface area (Å²) < 4.78 is 3.31. The molecular weight excluding hydrogens is 270 g/mol. The molecule has 4 rings (SSSR count). The molecule has 3 aromatic rings. The lowest BCUT2D eigenvalue weighted by Gasteiger charge is -1.97. The Labute approximate surface area is 119 Å². The zero-order chi connectivity index (χ0) is 14.4. The van der Waals surface area contributed by atoms with Gasteiger partial charge in [-0.3, -0.25) is 0 Å². The Morgan fingerprint density at radius 2 is 2.24 bits per heavy atom. The van der Waals surface area contributed by atoms with Crippen LogP contribution in [0.1, 0.15) is 40.5 Å². The van der Waals surface area contributed by atoms with Gasteiger partial charge in [-0.1, -0.05) is 5.21 Å². The van der Waals surface area contributed by atoms with Gasteiger partial charge >= 0.3 is 5.97 Å². The van der Waals surface area contributed by atoms with Crippen molar-refractivity contribution in [2.75, 3.05) is 0 Å². The summed E-state index contributed by atoms with van der Waals surface area (Å²) in [6, 6.07) is 6.27. The molecule has 0 aromatic carbocycles. The van der Waals surface area contributed by atoms with Gasteiger partial charge in [-0.05, 0) is 42.5 Å². The molecule has 3 heterocycles. The molecule has 0 aliphatic heterocycles. The summed E-state index contributed by atoms with van der Waals surface area (Å²) in [6.45, 7) is 0.403. The highest BCUT2D eigenvalue weighted by Crippen LogP contribution is 2.40. The molecule has 1 aliphatic carbocycles. The highest BCUT2D eigenvalue weighted by atomic mass is 16.4. The summed E-state index contributed by atoms with van der Waals surface area (Å²) in [5.74, 6) is -0.368. The maximum Gasteiger partial charge on any atom is 0.358 e. The monoisotopic (exact) mass is 283 g/mol. The third-order valence-electron chi connectivity index (χ3n) is 3.67. The molecule has 1 fully saturated rings. The molecule has 0 unspecified atom stereocenters. The average Bonchev–Trinajstić information content (AvgIpc) is 3.07. The number of carboxylic acid groups (broad SMARTS) is 1. The van der Waals surface area contributed by atoms with E-state index in [0.717, 1.165) is 11.2 Å². The maximum atomic E-state index is 10.8. The lowest BCUT2D eigenvalue weighted by molar-refractivity contribution is 0.0690. The van der Waals surface area contributed by atoms with Crippen LogP contribution in [-0.2, 0) is 6.54 Å². The minimum absolute atomic E-state index is 0.0604. The first-order valence-corrected chi connectivity index (χ1v) is 6.81. The Bertz CT molecular complexity index is 831. The third kappa shape index (κ3) is 2.26. The van der Waals surface area contributed by atoms with Crippen LogP contribution in [-0.4, -0.2) is 35.7 Å². The van der Waals surface area contributed by atoms with Crippen LogP contribution in [0.25, 0.3) is 5.52 Å². The van der Waals surface area contributed by atoms with Crippen LogP contribution in [0.2, 0.25) is 0 Å². The van der Waals surface area contributed by atoms with Gasteiger partial charge in [0, 0.05) is 6.20 Å². The van der Waals surface area contributed by atoms with Crippen LogP contribution in [0.4, 0.5) is 0 Å². The quantitative estimate of drug-likeness (QED) is 0.785. The summed E-state index contributed by atoms with van der Waals surface area (Å²) >= 11 is 0. The van der Waals surface area contributed by atoms with Gasteiger partial charge in [0.1, 0.15) is 0 Å². The zero-order valence-electron chi connectivity index (χ0n) is 11.2. The van der Waals surface area contributed by atoms with E-state index >= 15 is 0 Å². The van der Waals surface area contributed by atoms with Crippen LogP contribution < -0.4 is 0 Å². The SMILES string of the molecule is O=C(O)c1cn(Cc2cc3cc(C4CC4)ccn3n2)nn1. The van der Waals surface area contributed by atoms with Gasteiger partial charge in [0.2, 0.25) is 0 Å². The molecule has 1 N–H and O–H groups in total. The van der Waals surface area contributed by atoms with Crippen LogP contribution in [0.15, 0.2) is 30.6 Å². The summed E-state index contributed by atoms with van der Waals surface area (Å²) in [4.78, 5) is 10.8. The van der Waals surface area contributed by atoms with Gasteiger partial charge in [0.05, 0.1) is 24.0 Å². The lowest BCUT2D eigenvalue weighted by atomic mass is 10.1. The maximum absolute atomic E-state index is 10.8. The molecule has 7 heteroatoms. The molecule has 0 radical (unpaired) electrons. The van der Waals surface area contributed by atoms with Gasteiger partial charge in [0.25, 0.3) is 0 Å². The predicted octanol–water partition coefficient (Wildman–Crippen LogP) is 1.55. The number of carboxylic acids is 1. The highest BCUT2D eigenvalue weighted by molar-refractivity contribution is 5.84. The summed E-state index contributed by atoms with van der Waals surface area (Å²) in [5, 5.41) is 20.7. The molecule has 0 bridgehead atoms. The number of hydrogen-bond acceptors (Lipinski definition) is 4. The van der Waals surface area contributed by atoms with Gasteiger partial charge in [-0.15, -0.1) is 5.10 Å². The van der Waals surface area contributed by atoms with Gasteiger partial charge < -0.3 is 5.11 Å². The smallest absolute Gasteiger partial charge is 0.358 e. The second kappa shape index (κ2) is 4.41. The van der Waals surface area contributed by atoms with Crippen LogP contribution in [0.3, 0.4) is 0 Å². The fourth-order valence-electron chi connectivity index (χ4n) is 2.45. The largest absolute Gasteiger partial charge is 0.476 e. The van der Waals surface area contributed by atoms with E-state index in [-0.39, 0.29) is 5.69 Å². The van der Waals surface area contributed by atoms with E-state index in [1.165, 1.54) is 29.3 Å². The van der Waals surface area contributed by atoms with Crippen LogP contribution in [0, 0.1) is 0 Å².